The number of benzene rings is 2. The predicted octanol–water partition coefficient (Wildman–Crippen LogP) is 6.57. The molecule has 2 aliphatic heterocycles. The van der Waals surface area contributed by atoms with Gasteiger partial charge in [0.25, 0.3) is 0 Å². The Morgan fingerprint density at radius 1 is 0.769 bits per heavy atom. The van der Waals surface area contributed by atoms with E-state index in [2.05, 4.69) is 87.5 Å². The monoisotopic (exact) mass is 708 g/mol. The average molecular weight is 709 g/mol. The quantitative estimate of drug-likeness (QED) is 0.151. The average Bonchev–Trinajstić information content (AvgIpc) is 4.00. The van der Waals surface area contributed by atoms with E-state index in [0.717, 1.165) is 90.6 Å². The van der Waals surface area contributed by atoms with E-state index in [0.29, 0.717) is 6.54 Å². The van der Waals surface area contributed by atoms with Gasteiger partial charge < -0.3 is 29.8 Å². The highest BCUT2D eigenvalue weighted by Gasteiger charge is 2.38. The second-order valence-electron chi connectivity index (χ2n) is 14.2. The summed E-state index contributed by atoms with van der Waals surface area (Å²) >= 11 is 0. The zero-order valence-electron chi connectivity index (χ0n) is 31.2. The number of carbonyl (C=O) groups is 3. The third kappa shape index (κ3) is 7.62. The molecule has 3 N–H and O–H groups in total. The minimum Gasteiger partial charge on any atom is -0.453 e. The van der Waals surface area contributed by atoms with Crippen LogP contribution in [0.5, 0.6) is 0 Å². The number of amides is 3. The van der Waals surface area contributed by atoms with E-state index in [9.17, 15) is 14.4 Å². The zero-order chi connectivity index (χ0) is 36.9. The molecule has 0 spiro atoms. The molecule has 2 saturated heterocycles. The topological polar surface area (TPSA) is 140 Å². The van der Waals surface area contributed by atoms with Gasteiger partial charge in [-0.1, -0.05) is 76.2 Å². The van der Waals surface area contributed by atoms with Crippen molar-refractivity contribution in [2.24, 2.45) is 5.92 Å². The number of rotatable bonds is 12. The molecule has 12 nitrogen and oxygen atoms in total. The lowest BCUT2D eigenvalue weighted by Crippen LogP contribution is -2.51. The first-order valence-corrected chi connectivity index (χ1v) is 18.6. The number of nitrogens with zero attached hydrogens (tertiary/aromatic N) is 5. The lowest BCUT2D eigenvalue weighted by Gasteiger charge is -2.31. The number of H-pyrrole nitrogens is 2. The molecule has 2 aliphatic rings. The van der Waals surface area contributed by atoms with E-state index >= 15 is 0 Å². The van der Waals surface area contributed by atoms with Gasteiger partial charge in [0.1, 0.15) is 17.7 Å². The van der Waals surface area contributed by atoms with Crippen molar-refractivity contribution in [2.45, 2.75) is 84.5 Å². The summed E-state index contributed by atoms with van der Waals surface area (Å²) in [5.74, 6) is 1.54. The molecule has 0 radical (unpaired) electrons. The van der Waals surface area contributed by atoms with Crippen molar-refractivity contribution in [3.05, 3.63) is 72.6 Å². The van der Waals surface area contributed by atoms with Crippen molar-refractivity contribution < 1.29 is 19.1 Å². The molecule has 6 rings (SSSR count). The van der Waals surface area contributed by atoms with Gasteiger partial charge >= 0.3 is 6.09 Å². The van der Waals surface area contributed by atoms with Gasteiger partial charge in [0.05, 0.1) is 49.0 Å². The summed E-state index contributed by atoms with van der Waals surface area (Å²) in [5.41, 5.74) is 6.04. The van der Waals surface area contributed by atoms with Crippen LogP contribution in [0.15, 0.2) is 60.9 Å². The van der Waals surface area contributed by atoms with E-state index in [-0.39, 0.29) is 35.9 Å². The first-order valence-electron chi connectivity index (χ1n) is 18.6. The van der Waals surface area contributed by atoms with E-state index < -0.39 is 12.1 Å². The Hall–Kier alpha value is -4.97. The lowest BCUT2D eigenvalue weighted by atomic mass is 10.0. The maximum absolute atomic E-state index is 13.5. The van der Waals surface area contributed by atoms with Gasteiger partial charge in [-0.05, 0) is 73.9 Å². The molecule has 2 fully saturated rings. The molecule has 4 aromatic rings. The van der Waals surface area contributed by atoms with Gasteiger partial charge in [0, 0.05) is 13.1 Å². The minimum absolute atomic E-state index is 0.0323. The second kappa shape index (κ2) is 16.1. The number of methoxy groups -OCH3 is 1. The fourth-order valence-electron chi connectivity index (χ4n) is 7.66. The second-order valence-corrected chi connectivity index (χ2v) is 14.2. The fraction of sp³-hybridized carbons (Fsp3) is 0.475. The summed E-state index contributed by atoms with van der Waals surface area (Å²) in [6.45, 7) is 13.1. The van der Waals surface area contributed by atoms with Crippen LogP contribution >= 0.6 is 0 Å². The molecule has 4 atom stereocenters. The number of alkyl carbamates (subject to hydrolysis) is 1. The molecule has 0 aliphatic carbocycles. The smallest absolute Gasteiger partial charge is 0.407 e. The summed E-state index contributed by atoms with van der Waals surface area (Å²) in [7, 11) is 1.30. The number of aromatic amines is 2. The Morgan fingerprint density at radius 3 is 1.63 bits per heavy atom. The molecule has 4 heterocycles. The largest absolute Gasteiger partial charge is 0.453 e. The van der Waals surface area contributed by atoms with Gasteiger partial charge in [0.15, 0.2) is 0 Å². The standard InChI is InChI=1S/C40H52N8O4/c1-7-46(8-2)26(5)38(49)47-21-9-11-33(47)36-41-23-31(43-36)29-17-13-27(14-18-29)28-15-19-30(20-16-28)32-24-42-37(44-32)34-12-10-22-48(34)39(50)35(25(3)4)45-40(51)52-6/h13-20,23-26,33-35H,7-12,21-22H2,1-6H3,(H,41,43)(H,42,44)(H,45,51)/t26-,33-,34-,35-/m0/s1. The summed E-state index contributed by atoms with van der Waals surface area (Å²) in [6.07, 6.45) is 6.62. The van der Waals surface area contributed by atoms with E-state index in [1.807, 2.05) is 43.0 Å². The van der Waals surface area contributed by atoms with Crippen LogP contribution in [0.2, 0.25) is 0 Å². The SMILES string of the molecule is CCN(CC)[C@@H](C)C(=O)N1CCC[C@H]1c1ncc(-c2ccc(-c3ccc(-c4cnc([C@@H]5CCCN5C(=O)[C@@H](NC(=O)OC)C(C)C)[nH]4)cc3)cc2)[nH]1. The van der Waals surface area contributed by atoms with Crippen LogP contribution in [0.4, 0.5) is 4.79 Å². The molecule has 2 aromatic heterocycles. The highest BCUT2D eigenvalue weighted by molar-refractivity contribution is 5.86. The summed E-state index contributed by atoms with van der Waals surface area (Å²) in [6, 6.07) is 15.7. The number of likely N-dealkylation sites (N-methyl/N-ethyl adjacent to an activating group) is 1. The number of hydrogen-bond acceptors (Lipinski definition) is 7. The Bertz CT molecular complexity index is 1830. The minimum atomic E-state index is -0.674. The van der Waals surface area contributed by atoms with Crippen LogP contribution in [0.1, 0.15) is 84.0 Å². The molecule has 0 bridgehead atoms. The molecule has 52 heavy (non-hydrogen) atoms. The van der Waals surface area contributed by atoms with Gasteiger partial charge in [0.2, 0.25) is 11.8 Å². The van der Waals surface area contributed by atoms with Crippen LogP contribution in [0, 0.1) is 5.92 Å². The summed E-state index contributed by atoms with van der Waals surface area (Å²) in [5, 5.41) is 2.70. The van der Waals surface area contributed by atoms with Crippen LogP contribution in [0.3, 0.4) is 0 Å². The van der Waals surface area contributed by atoms with E-state index in [4.69, 9.17) is 9.72 Å². The number of carbonyl (C=O) groups excluding carboxylic acids is 3. The first kappa shape index (κ1) is 36.8. The Labute approximate surface area is 306 Å². The van der Waals surface area contributed by atoms with Gasteiger partial charge in [-0.25, -0.2) is 14.8 Å². The van der Waals surface area contributed by atoms with Crippen LogP contribution in [-0.2, 0) is 14.3 Å². The zero-order valence-corrected chi connectivity index (χ0v) is 31.2. The normalized spacial score (nSPS) is 18.6. The number of aromatic nitrogens is 4. The van der Waals surface area contributed by atoms with Crippen molar-refractivity contribution in [3.63, 3.8) is 0 Å². The number of nitrogens with one attached hydrogen (secondary N) is 3. The highest BCUT2D eigenvalue weighted by atomic mass is 16.5. The van der Waals surface area contributed by atoms with Crippen LogP contribution < -0.4 is 5.32 Å². The highest BCUT2D eigenvalue weighted by Crippen LogP contribution is 2.35. The van der Waals surface area contributed by atoms with Crippen molar-refractivity contribution in [1.29, 1.82) is 0 Å². The molecule has 2 aromatic carbocycles. The molecule has 0 saturated carbocycles. The van der Waals surface area contributed by atoms with E-state index in [1.165, 1.54) is 7.11 Å². The molecular weight excluding hydrogens is 656 g/mol. The van der Waals surface area contributed by atoms with Crippen molar-refractivity contribution >= 4 is 17.9 Å². The third-order valence-electron chi connectivity index (χ3n) is 10.7. The molecule has 0 unspecified atom stereocenters. The maximum Gasteiger partial charge on any atom is 0.407 e. The fourth-order valence-corrected chi connectivity index (χ4v) is 7.66. The number of imidazole rings is 2. The molecule has 12 heteroatoms. The Morgan fingerprint density at radius 2 is 1.21 bits per heavy atom. The van der Waals surface area contributed by atoms with Gasteiger partial charge in [-0.2, -0.15) is 0 Å². The predicted molar refractivity (Wildman–Crippen MR) is 201 cm³/mol. The van der Waals surface area contributed by atoms with Gasteiger partial charge in [-0.3, -0.25) is 14.5 Å². The lowest BCUT2D eigenvalue weighted by molar-refractivity contribution is -0.137. The summed E-state index contributed by atoms with van der Waals surface area (Å²) < 4.78 is 4.76. The van der Waals surface area contributed by atoms with Crippen LogP contribution in [-0.4, -0.2) is 97.9 Å². The molecule has 3 amide bonds. The molecule has 276 valence electrons. The Kier molecular flexibility index (Phi) is 11.4. The van der Waals surface area contributed by atoms with Crippen molar-refractivity contribution in [2.75, 3.05) is 33.3 Å². The van der Waals surface area contributed by atoms with Gasteiger partial charge in [-0.15, -0.1) is 0 Å². The van der Waals surface area contributed by atoms with E-state index in [1.54, 1.807) is 0 Å². The first-order chi connectivity index (χ1) is 25.1. The maximum atomic E-state index is 13.5. The van der Waals surface area contributed by atoms with Crippen LogP contribution in [0.25, 0.3) is 33.6 Å². The molecular formula is C40H52N8O4. The Balaban J connectivity index is 1.10. The van der Waals surface area contributed by atoms with Crippen molar-refractivity contribution in [3.8, 4) is 33.6 Å². The summed E-state index contributed by atoms with van der Waals surface area (Å²) in [4.78, 5) is 61.2. The van der Waals surface area contributed by atoms with Crippen molar-refractivity contribution in [1.82, 2.24) is 40.0 Å². The number of hydrogen-bond donors (Lipinski definition) is 3. The third-order valence-corrected chi connectivity index (χ3v) is 10.7. The number of likely N-dealkylation sites (tertiary alicyclic amines) is 2. The number of ether oxygens (including phenoxy) is 1.